The Morgan fingerprint density at radius 2 is 1.69 bits per heavy atom. The number of rotatable bonds is 4. The Bertz CT molecular complexity index is 275. The minimum atomic E-state index is -0.212. The summed E-state index contributed by atoms with van der Waals surface area (Å²) in [4.78, 5) is 0. The quantitative estimate of drug-likeness (QED) is 0.828. The van der Waals surface area contributed by atoms with Crippen molar-refractivity contribution in [1.82, 2.24) is 0 Å². The fourth-order valence-electron chi connectivity index (χ4n) is 1.39. The lowest BCUT2D eigenvalue weighted by molar-refractivity contribution is 0.137. The molecule has 0 saturated carbocycles. The summed E-state index contributed by atoms with van der Waals surface area (Å²) in [5.74, 6) is -0.212. The van der Waals surface area contributed by atoms with E-state index in [1.165, 1.54) is 12.1 Å². The molecule has 1 aromatic rings. The highest BCUT2D eigenvalue weighted by molar-refractivity contribution is 5.17. The molecule has 1 rings (SSSR count). The molecule has 0 aliphatic carbocycles. The molecule has 92 valence electrons. The van der Waals surface area contributed by atoms with E-state index in [1.807, 2.05) is 20.8 Å². The van der Waals surface area contributed by atoms with Crippen molar-refractivity contribution >= 4 is 0 Å². The third kappa shape index (κ3) is 4.75. The Balaban J connectivity index is 0.00000106. The maximum Gasteiger partial charge on any atom is 0.123 e. The van der Waals surface area contributed by atoms with Crippen molar-refractivity contribution in [2.24, 2.45) is 5.41 Å². The van der Waals surface area contributed by atoms with Gasteiger partial charge in [-0.1, -0.05) is 39.8 Å². The first kappa shape index (κ1) is 15.1. The van der Waals surface area contributed by atoms with Crippen LogP contribution in [0.15, 0.2) is 24.3 Å². The largest absolute Gasteiger partial charge is 0.396 e. The zero-order valence-corrected chi connectivity index (χ0v) is 10.8. The summed E-state index contributed by atoms with van der Waals surface area (Å²) in [5.41, 5.74) is 0.988. The van der Waals surface area contributed by atoms with Gasteiger partial charge < -0.3 is 5.11 Å². The zero-order valence-electron chi connectivity index (χ0n) is 10.8. The van der Waals surface area contributed by atoms with Crippen LogP contribution in [0.5, 0.6) is 0 Å². The minimum Gasteiger partial charge on any atom is -0.396 e. The van der Waals surface area contributed by atoms with E-state index in [0.717, 1.165) is 18.4 Å². The van der Waals surface area contributed by atoms with Gasteiger partial charge in [0.15, 0.2) is 0 Å². The van der Waals surface area contributed by atoms with E-state index in [0.29, 0.717) is 0 Å². The van der Waals surface area contributed by atoms with Crippen LogP contribution in [0.3, 0.4) is 0 Å². The summed E-state index contributed by atoms with van der Waals surface area (Å²) in [7, 11) is 0. The lowest BCUT2D eigenvalue weighted by atomic mass is 9.82. The number of hydrogen-bond donors (Lipinski definition) is 1. The highest BCUT2D eigenvalue weighted by Crippen LogP contribution is 2.25. The average molecular weight is 226 g/mol. The lowest BCUT2D eigenvalue weighted by Gasteiger charge is -2.25. The van der Waals surface area contributed by atoms with E-state index < -0.39 is 0 Å². The molecule has 0 aliphatic rings. The molecule has 16 heavy (non-hydrogen) atoms. The van der Waals surface area contributed by atoms with Crippen molar-refractivity contribution in [1.29, 1.82) is 0 Å². The molecular weight excluding hydrogens is 203 g/mol. The van der Waals surface area contributed by atoms with E-state index in [9.17, 15) is 9.50 Å². The highest BCUT2D eigenvalue weighted by Gasteiger charge is 2.21. The summed E-state index contributed by atoms with van der Waals surface area (Å²) >= 11 is 0. The molecule has 1 atom stereocenters. The Kier molecular flexibility index (Phi) is 6.98. The van der Waals surface area contributed by atoms with Crippen molar-refractivity contribution in [3.63, 3.8) is 0 Å². The van der Waals surface area contributed by atoms with E-state index in [1.54, 1.807) is 12.1 Å². The zero-order chi connectivity index (χ0) is 12.6. The van der Waals surface area contributed by atoms with E-state index in [2.05, 4.69) is 6.92 Å². The molecule has 0 saturated heterocycles. The summed E-state index contributed by atoms with van der Waals surface area (Å²) in [5, 5.41) is 9.23. The van der Waals surface area contributed by atoms with Gasteiger partial charge in [0.25, 0.3) is 0 Å². The van der Waals surface area contributed by atoms with Gasteiger partial charge in [0.05, 0.1) is 0 Å². The van der Waals surface area contributed by atoms with E-state index >= 15 is 0 Å². The summed E-state index contributed by atoms with van der Waals surface area (Å²) in [6, 6.07) is 6.48. The molecule has 0 fully saturated rings. The van der Waals surface area contributed by atoms with Crippen LogP contribution in [-0.2, 0) is 6.42 Å². The molecule has 0 aromatic heterocycles. The topological polar surface area (TPSA) is 20.2 Å². The van der Waals surface area contributed by atoms with Crippen molar-refractivity contribution in [3.8, 4) is 0 Å². The Labute approximate surface area is 98.3 Å². The molecule has 1 aromatic carbocycles. The maximum atomic E-state index is 12.6. The van der Waals surface area contributed by atoms with Crippen LogP contribution in [0.25, 0.3) is 0 Å². The van der Waals surface area contributed by atoms with Crippen LogP contribution < -0.4 is 0 Å². The monoisotopic (exact) mass is 226 g/mol. The van der Waals surface area contributed by atoms with Crippen LogP contribution >= 0.6 is 0 Å². The van der Waals surface area contributed by atoms with Crippen molar-refractivity contribution in [2.45, 2.75) is 40.5 Å². The number of hydrogen-bond acceptors (Lipinski definition) is 1. The van der Waals surface area contributed by atoms with Crippen LogP contribution in [0.4, 0.5) is 4.39 Å². The molecule has 0 aliphatic heterocycles. The average Bonchev–Trinajstić information content (AvgIpc) is 2.34. The molecular formula is C14H23FO. The van der Waals surface area contributed by atoms with Crippen LogP contribution in [-0.4, -0.2) is 11.7 Å². The van der Waals surface area contributed by atoms with E-state index in [4.69, 9.17) is 0 Å². The Morgan fingerprint density at radius 3 is 2.06 bits per heavy atom. The Hall–Kier alpha value is -0.890. The van der Waals surface area contributed by atoms with Gasteiger partial charge >= 0.3 is 0 Å². The van der Waals surface area contributed by atoms with E-state index in [-0.39, 0.29) is 17.8 Å². The van der Waals surface area contributed by atoms with Crippen molar-refractivity contribution in [3.05, 3.63) is 35.6 Å². The van der Waals surface area contributed by atoms with Crippen molar-refractivity contribution < 1.29 is 9.50 Å². The van der Waals surface area contributed by atoms with Gasteiger partial charge in [0.2, 0.25) is 0 Å². The molecule has 0 heterocycles. The lowest BCUT2D eigenvalue weighted by Crippen LogP contribution is -2.23. The van der Waals surface area contributed by atoms with Gasteiger partial charge in [-0.25, -0.2) is 4.39 Å². The summed E-state index contributed by atoms with van der Waals surface area (Å²) in [6.45, 7) is 8.26. The van der Waals surface area contributed by atoms with Crippen LogP contribution in [0, 0.1) is 11.2 Å². The number of benzene rings is 1. The first-order chi connectivity index (χ1) is 7.59. The third-order valence-corrected chi connectivity index (χ3v) is 2.78. The first-order valence-corrected chi connectivity index (χ1v) is 5.95. The molecule has 1 nitrogen and oxygen atoms in total. The second kappa shape index (κ2) is 7.39. The molecule has 2 heteroatoms. The normalized spacial score (nSPS) is 13.6. The third-order valence-electron chi connectivity index (χ3n) is 2.78. The molecule has 0 bridgehead atoms. The molecule has 0 radical (unpaired) electrons. The minimum absolute atomic E-state index is 0.0855. The fraction of sp³-hybridized carbons (Fsp3) is 0.571. The number of aliphatic hydroxyl groups excluding tert-OH is 1. The molecule has 0 spiro atoms. The summed E-state index contributed by atoms with van der Waals surface area (Å²) in [6.07, 6.45) is 1.71. The predicted octanol–water partition coefficient (Wildman–Crippen LogP) is 3.80. The molecule has 0 amide bonds. The van der Waals surface area contributed by atoms with Crippen LogP contribution in [0.1, 0.15) is 39.7 Å². The SMILES string of the molecule is CC.CCC(C)(CO)Cc1ccc(F)cc1. The Morgan fingerprint density at radius 1 is 1.19 bits per heavy atom. The number of aliphatic hydroxyl groups is 1. The van der Waals surface area contributed by atoms with Gasteiger partial charge in [-0.05, 0) is 36.0 Å². The van der Waals surface area contributed by atoms with Gasteiger partial charge in [-0.2, -0.15) is 0 Å². The number of halogens is 1. The fourth-order valence-corrected chi connectivity index (χ4v) is 1.39. The van der Waals surface area contributed by atoms with Gasteiger partial charge in [-0.15, -0.1) is 0 Å². The van der Waals surface area contributed by atoms with Gasteiger partial charge in [-0.3, -0.25) is 0 Å². The van der Waals surface area contributed by atoms with Gasteiger partial charge in [0, 0.05) is 6.61 Å². The standard InChI is InChI=1S/C12H17FO.C2H6/c1-3-12(2,9-14)8-10-4-6-11(13)7-5-10;1-2/h4-7,14H,3,8-9H2,1-2H3;1-2H3. The summed E-state index contributed by atoms with van der Waals surface area (Å²) < 4.78 is 12.6. The molecule has 1 N–H and O–H groups in total. The van der Waals surface area contributed by atoms with Crippen molar-refractivity contribution in [2.75, 3.05) is 6.61 Å². The predicted molar refractivity (Wildman–Crippen MR) is 66.9 cm³/mol. The second-order valence-corrected chi connectivity index (χ2v) is 4.13. The van der Waals surface area contributed by atoms with Gasteiger partial charge in [0.1, 0.15) is 5.82 Å². The first-order valence-electron chi connectivity index (χ1n) is 5.95. The smallest absolute Gasteiger partial charge is 0.123 e. The maximum absolute atomic E-state index is 12.6. The molecule has 1 unspecified atom stereocenters. The second-order valence-electron chi connectivity index (χ2n) is 4.13. The van der Waals surface area contributed by atoms with Crippen LogP contribution in [0.2, 0.25) is 0 Å². The highest BCUT2D eigenvalue weighted by atomic mass is 19.1.